The molecule has 4 atom stereocenters. The van der Waals surface area contributed by atoms with Gasteiger partial charge in [-0.15, -0.1) is 0 Å². The lowest BCUT2D eigenvalue weighted by Gasteiger charge is -2.37. The molecule has 2 fully saturated rings. The summed E-state index contributed by atoms with van der Waals surface area (Å²) >= 11 is 12.7. The zero-order valence-corrected chi connectivity index (χ0v) is 23.3. The van der Waals surface area contributed by atoms with Gasteiger partial charge >= 0.3 is 0 Å². The summed E-state index contributed by atoms with van der Waals surface area (Å²) in [5.74, 6) is -0.559. The monoisotopic (exact) mass is 542 g/mol. The first-order valence-corrected chi connectivity index (χ1v) is 13.7. The molecule has 0 radical (unpaired) electrons. The standard InChI is InChI=1S/C29H36Cl2N4O2/c1-28(2,3)18-24-29(19-32,21-7-9-22(30)10-8-21)25(20-5-4-6-23(31)17-20)26(34-24)27(36)33-11-12-35-13-15-37-16-14-35/h4-10,17,24-26,34H,11-16,18H2,1-3H3,(H,33,36). The molecule has 0 aliphatic carbocycles. The summed E-state index contributed by atoms with van der Waals surface area (Å²) in [6.07, 6.45) is 0.706. The van der Waals surface area contributed by atoms with Gasteiger partial charge in [0.2, 0.25) is 5.91 Å². The SMILES string of the molecule is CC(C)(C)CC1NC(C(=O)NCCN2CCOCC2)C(c2cccc(Cl)c2)C1(C#N)c1ccc(Cl)cc1. The van der Waals surface area contributed by atoms with E-state index < -0.39 is 17.4 Å². The molecule has 37 heavy (non-hydrogen) atoms. The molecular formula is C29H36Cl2N4O2. The van der Waals surface area contributed by atoms with Gasteiger partial charge in [-0.25, -0.2) is 0 Å². The summed E-state index contributed by atoms with van der Waals surface area (Å²) in [6.45, 7) is 10.9. The molecule has 198 valence electrons. The van der Waals surface area contributed by atoms with Crippen molar-refractivity contribution in [2.24, 2.45) is 5.41 Å². The molecule has 2 heterocycles. The molecule has 2 aromatic carbocycles. The lowest BCUT2D eigenvalue weighted by molar-refractivity contribution is -0.123. The van der Waals surface area contributed by atoms with E-state index in [0.29, 0.717) is 23.0 Å². The van der Waals surface area contributed by atoms with Crippen LogP contribution in [-0.2, 0) is 14.9 Å². The van der Waals surface area contributed by atoms with Crippen molar-refractivity contribution in [2.75, 3.05) is 39.4 Å². The number of nitrogens with zero attached hydrogens (tertiary/aromatic N) is 2. The van der Waals surface area contributed by atoms with Crippen LogP contribution in [0.25, 0.3) is 0 Å². The van der Waals surface area contributed by atoms with E-state index in [1.54, 1.807) is 0 Å². The minimum atomic E-state index is -1.01. The average molecular weight is 544 g/mol. The van der Waals surface area contributed by atoms with Crippen LogP contribution in [0.15, 0.2) is 48.5 Å². The van der Waals surface area contributed by atoms with Gasteiger partial charge in [-0.3, -0.25) is 9.69 Å². The second-order valence-electron chi connectivity index (χ2n) is 11.2. The second-order valence-corrected chi connectivity index (χ2v) is 12.1. The number of morpholine rings is 1. The lowest BCUT2D eigenvalue weighted by atomic mass is 9.63. The topological polar surface area (TPSA) is 77.4 Å². The Hall–Kier alpha value is -2.14. The van der Waals surface area contributed by atoms with E-state index >= 15 is 0 Å². The predicted octanol–water partition coefficient (Wildman–Crippen LogP) is 4.76. The Kier molecular flexibility index (Phi) is 8.83. The quantitative estimate of drug-likeness (QED) is 0.527. The van der Waals surface area contributed by atoms with Gasteiger partial charge in [-0.1, -0.05) is 68.2 Å². The number of amides is 1. The molecular weight excluding hydrogens is 507 g/mol. The molecule has 2 aliphatic heterocycles. The molecule has 2 aromatic rings. The van der Waals surface area contributed by atoms with Crippen LogP contribution in [0.1, 0.15) is 44.2 Å². The number of benzene rings is 2. The normalized spacial score (nSPS) is 26.5. The van der Waals surface area contributed by atoms with E-state index in [1.807, 2.05) is 48.5 Å². The minimum Gasteiger partial charge on any atom is -0.379 e. The first kappa shape index (κ1) is 27.9. The molecule has 4 unspecified atom stereocenters. The maximum Gasteiger partial charge on any atom is 0.237 e. The summed E-state index contributed by atoms with van der Waals surface area (Å²) in [5.41, 5.74) is 0.623. The zero-order chi connectivity index (χ0) is 26.6. The van der Waals surface area contributed by atoms with Crippen molar-refractivity contribution < 1.29 is 9.53 Å². The Morgan fingerprint density at radius 3 is 2.49 bits per heavy atom. The highest BCUT2D eigenvalue weighted by atomic mass is 35.5. The van der Waals surface area contributed by atoms with Crippen molar-refractivity contribution in [2.45, 2.75) is 50.6 Å². The van der Waals surface area contributed by atoms with Gasteiger partial charge in [0.05, 0.1) is 25.3 Å². The number of hydrogen-bond acceptors (Lipinski definition) is 5. The first-order valence-electron chi connectivity index (χ1n) is 12.9. The molecule has 0 bridgehead atoms. The van der Waals surface area contributed by atoms with Crippen LogP contribution in [0.5, 0.6) is 0 Å². The van der Waals surface area contributed by atoms with Crippen LogP contribution >= 0.6 is 23.2 Å². The Labute approximate surface area is 230 Å². The van der Waals surface area contributed by atoms with Gasteiger partial charge < -0.3 is 15.4 Å². The zero-order valence-electron chi connectivity index (χ0n) is 21.8. The van der Waals surface area contributed by atoms with Crippen LogP contribution in [0.2, 0.25) is 10.0 Å². The number of carbonyl (C=O) groups excluding carboxylic acids is 1. The highest BCUT2D eigenvalue weighted by Crippen LogP contribution is 2.51. The number of nitriles is 1. The summed E-state index contributed by atoms with van der Waals surface area (Å²) in [7, 11) is 0. The highest BCUT2D eigenvalue weighted by molar-refractivity contribution is 6.30. The fraction of sp³-hybridized carbons (Fsp3) is 0.517. The Morgan fingerprint density at radius 1 is 1.16 bits per heavy atom. The second kappa shape index (κ2) is 11.7. The van der Waals surface area contributed by atoms with Crippen molar-refractivity contribution in [3.8, 4) is 6.07 Å². The first-order chi connectivity index (χ1) is 17.6. The number of ether oxygens (including phenoxy) is 1. The number of rotatable bonds is 7. The highest BCUT2D eigenvalue weighted by Gasteiger charge is 2.59. The van der Waals surface area contributed by atoms with Crippen LogP contribution in [0, 0.1) is 16.7 Å². The van der Waals surface area contributed by atoms with Crippen LogP contribution in [0.3, 0.4) is 0 Å². The fourth-order valence-electron chi connectivity index (χ4n) is 5.73. The van der Waals surface area contributed by atoms with Crippen LogP contribution in [-0.4, -0.2) is 62.3 Å². The molecule has 2 N–H and O–H groups in total. The van der Waals surface area contributed by atoms with E-state index in [9.17, 15) is 10.1 Å². The summed E-state index contributed by atoms with van der Waals surface area (Å²) in [6, 6.07) is 16.8. The van der Waals surface area contributed by atoms with E-state index in [-0.39, 0.29) is 17.4 Å². The van der Waals surface area contributed by atoms with Crippen molar-refractivity contribution in [1.82, 2.24) is 15.5 Å². The van der Waals surface area contributed by atoms with E-state index in [0.717, 1.165) is 44.0 Å². The lowest BCUT2D eigenvalue weighted by Crippen LogP contribution is -2.48. The number of carbonyl (C=O) groups is 1. The summed E-state index contributed by atoms with van der Waals surface area (Å²) in [4.78, 5) is 16.1. The Balaban J connectivity index is 1.73. The predicted molar refractivity (Wildman–Crippen MR) is 148 cm³/mol. The molecule has 2 aliphatic rings. The van der Waals surface area contributed by atoms with Gasteiger partial charge in [0, 0.05) is 48.2 Å². The minimum absolute atomic E-state index is 0.0766. The van der Waals surface area contributed by atoms with Crippen molar-refractivity contribution in [3.05, 3.63) is 69.7 Å². The molecule has 6 nitrogen and oxygen atoms in total. The fourth-order valence-corrected chi connectivity index (χ4v) is 6.05. The maximum absolute atomic E-state index is 13.8. The van der Waals surface area contributed by atoms with Crippen molar-refractivity contribution >= 4 is 29.1 Å². The molecule has 2 saturated heterocycles. The molecule has 4 rings (SSSR count). The Morgan fingerprint density at radius 2 is 1.86 bits per heavy atom. The van der Waals surface area contributed by atoms with E-state index in [1.165, 1.54) is 0 Å². The largest absolute Gasteiger partial charge is 0.379 e. The molecule has 0 aromatic heterocycles. The van der Waals surface area contributed by atoms with E-state index in [4.69, 9.17) is 27.9 Å². The molecule has 0 spiro atoms. The molecule has 8 heteroatoms. The summed E-state index contributed by atoms with van der Waals surface area (Å²) < 4.78 is 5.43. The average Bonchev–Trinajstić information content (AvgIpc) is 3.18. The molecule has 1 amide bonds. The number of halogens is 2. The van der Waals surface area contributed by atoms with Gasteiger partial charge in [0.15, 0.2) is 0 Å². The maximum atomic E-state index is 13.8. The van der Waals surface area contributed by atoms with Crippen LogP contribution in [0.4, 0.5) is 0 Å². The van der Waals surface area contributed by atoms with Gasteiger partial charge in [0.25, 0.3) is 0 Å². The third kappa shape index (κ3) is 6.30. The van der Waals surface area contributed by atoms with E-state index in [2.05, 4.69) is 42.4 Å². The smallest absolute Gasteiger partial charge is 0.237 e. The third-order valence-electron chi connectivity index (χ3n) is 7.40. The number of nitrogens with one attached hydrogen (secondary N) is 2. The van der Waals surface area contributed by atoms with Gasteiger partial charge in [-0.05, 0) is 47.2 Å². The van der Waals surface area contributed by atoms with Crippen molar-refractivity contribution in [3.63, 3.8) is 0 Å². The van der Waals surface area contributed by atoms with Gasteiger partial charge in [-0.2, -0.15) is 5.26 Å². The summed E-state index contributed by atoms with van der Waals surface area (Å²) in [5, 5.41) is 18.9. The number of hydrogen-bond donors (Lipinski definition) is 2. The Bertz CT molecular complexity index is 1120. The van der Waals surface area contributed by atoms with Crippen molar-refractivity contribution in [1.29, 1.82) is 5.26 Å². The third-order valence-corrected chi connectivity index (χ3v) is 7.89. The molecule has 0 saturated carbocycles. The van der Waals surface area contributed by atoms with Gasteiger partial charge in [0.1, 0.15) is 5.41 Å². The van der Waals surface area contributed by atoms with Crippen LogP contribution < -0.4 is 10.6 Å².